The molecule has 1 aromatic rings. The second-order valence-electron chi connectivity index (χ2n) is 5.48. The molecule has 0 saturated heterocycles. The Kier molecular flexibility index (Phi) is 6.01. The predicted molar refractivity (Wildman–Crippen MR) is 80.0 cm³/mol. The first-order valence-electron chi connectivity index (χ1n) is 6.76. The van der Waals surface area contributed by atoms with Crippen LogP contribution in [0.4, 0.5) is 0 Å². The van der Waals surface area contributed by atoms with Gasteiger partial charge in [0.15, 0.2) is 5.16 Å². The van der Waals surface area contributed by atoms with Crippen molar-refractivity contribution in [1.29, 1.82) is 0 Å². The molecule has 0 aliphatic carbocycles. The number of carboxylic acid groups (broad SMARTS) is 1. The maximum absolute atomic E-state index is 11.4. The van der Waals surface area contributed by atoms with Crippen molar-refractivity contribution in [2.75, 3.05) is 5.75 Å². The van der Waals surface area contributed by atoms with Crippen molar-refractivity contribution in [3.8, 4) is 0 Å². The summed E-state index contributed by atoms with van der Waals surface area (Å²) in [6.07, 6.45) is 1.39. The van der Waals surface area contributed by atoms with E-state index in [0.717, 1.165) is 23.2 Å². The van der Waals surface area contributed by atoms with E-state index in [4.69, 9.17) is 0 Å². The van der Waals surface area contributed by atoms with Gasteiger partial charge < -0.3 is 9.67 Å². The van der Waals surface area contributed by atoms with E-state index in [1.165, 1.54) is 0 Å². The summed E-state index contributed by atoms with van der Waals surface area (Å²) in [6, 6.07) is 0.144. The van der Waals surface area contributed by atoms with E-state index in [-0.39, 0.29) is 6.04 Å². The number of aryl methyl sites for hydroxylation is 1. The number of rotatable bonds is 8. The van der Waals surface area contributed by atoms with Crippen LogP contribution in [0, 0.1) is 6.92 Å². The summed E-state index contributed by atoms with van der Waals surface area (Å²) in [6.45, 7) is 7.56. The highest BCUT2D eigenvalue weighted by atomic mass is 32.2. The van der Waals surface area contributed by atoms with Gasteiger partial charge in [-0.15, -0.1) is 10.2 Å². The van der Waals surface area contributed by atoms with Gasteiger partial charge in [-0.05, 0) is 40.5 Å². The third kappa shape index (κ3) is 4.49. The normalized spacial score (nSPS) is 14.5. The Morgan fingerprint density at radius 2 is 2.15 bits per heavy atom. The van der Waals surface area contributed by atoms with Crippen molar-refractivity contribution in [3.05, 3.63) is 5.82 Å². The molecule has 0 radical (unpaired) electrons. The zero-order valence-electron chi connectivity index (χ0n) is 12.8. The van der Waals surface area contributed by atoms with Gasteiger partial charge in [-0.2, -0.15) is 0 Å². The second kappa shape index (κ2) is 7.08. The van der Waals surface area contributed by atoms with Gasteiger partial charge in [0.1, 0.15) is 11.4 Å². The van der Waals surface area contributed by atoms with Crippen LogP contribution in [-0.2, 0) is 11.8 Å². The van der Waals surface area contributed by atoms with Crippen molar-refractivity contribution >= 4 is 17.7 Å². The van der Waals surface area contributed by atoms with Crippen LogP contribution in [0.25, 0.3) is 0 Å². The lowest BCUT2D eigenvalue weighted by molar-refractivity contribution is -0.144. The molecule has 0 fully saturated rings. The van der Waals surface area contributed by atoms with Crippen LogP contribution < -0.4 is 5.32 Å². The summed E-state index contributed by atoms with van der Waals surface area (Å²) >= 11 is 1.61. The van der Waals surface area contributed by atoms with Gasteiger partial charge in [-0.3, -0.25) is 10.1 Å². The van der Waals surface area contributed by atoms with Gasteiger partial charge in [-0.1, -0.05) is 11.8 Å². The smallest absolute Gasteiger partial charge is 0.323 e. The van der Waals surface area contributed by atoms with Crippen molar-refractivity contribution in [3.63, 3.8) is 0 Å². The van der Waals surface area contributed by atoms with Gasteiger partial charge >= 0.3 is 5.97 Å². The predicted octanol–water partition coefficient (Wildman–Crippen LogP) is 1.84. The average molecular weight is 300 g/mol. The third-order valence-corrected chi connectivity index (χ3v) is 4.29. The fourth-order valence-electron chi connectivity index (χ4n) is 1.98. The molecule has 0 amide bonds. The Bertz CT molecular complexity index is 461. The van der Waals surface area contributed by atoms with Crippen LogP contribution in [0.1, 0.15) is 39.4 Å². The molecule has 1 heterocycles. The number of thioether (sulfide) groups is 1. The topological polar surface area (TPSA) is 80.0 Å². The van der Waals surface area contributed by atoms with E-state index < -0.39 is 11.5 Å². The monoisotopic (exact) mass is 300 g/mol. The first-order valence-corrected chi connectivity index (χ1v) is 7.74. The number of aliphatic carboxylic acids is 1. The minimum absolute atomic E-state index is 0.144. The summed E-state index contributed by atoms with van der Waals surface area (Å²) in [5.41, 5.74) is -0.871. The lowest BCUT2D eigenvalue weighted by Crippen LogP contribution is -2.52. The molecule has 1 rings (SSSR count). The van der Waals surface area contributed by atoms with E-state index in [1.807, 2.05) is 32.4 Å². The fourth-order valence-corrected chi connectivity index (χ4v) is 2.88. The molecule has 0 aliphatic rings. The Balaban J connectivity index is 2.45. The summed E-state index contributed by atoms with van der Waals surface area (Å²) in [7, 11) is 1.93. The van der Waals surface area contributed by atoms with Crippen LogP contribution in [0.15, 0.2) is 5.16 Å². The maximum Gasteiger partial charge on any atom is 0.323 e. The molecule has 0 aliphatic heterocycles. The molecule has 1 atom stereocenters. The molecular weight excluding hydrogens is 276 g/mol. The maximum atomic E-state index is 11.4. The van der Waals surface area contributed by atoms with E-state index in [2.05, 4.69) is 15.5 Å². The minimum Gasteiger partial charge on any atom is -0.480 e. The molecule has 114 valence electrons. The lowest BCUT2D eigenvalue weighted by atomic mass is 9.95. The number of nitrogens with one attached hydrogen (secondary N) is 1. The van der Waals surface area contributed by atoms with Crippen molar-refractivity contribution < 1.29 is 9.90 Å². The highest BCUT2D eigenvalue weighted by Crippen LogP contribution is 2.20. The van der Waals surface area contributed by atoms with Gasteiger partial charge in [-0.25, -0.2) is 0 Å². The molecule has 0 saturated carbocycles. The highest BCUT2D eigenvalue weighted by molar-refractivity contribution is 7.99. The molecule has 7 heteroatoms. The molecule has 1 unspecified atom stereocenters. The molecular formula is C13H24N4O2S. The molecule has 0 aromatic carbocycles. The zero-order chi connectivity index (χ0) is 15.3. The Labute approximate surface area is 124 Å². The molecule has 0 bridgehead atoms. The number of carbonyl (C=O) groups is 1. The second-order valence-corrected chi connectivity index (χ2v) is 6.54. The first-order chi connectivity index (χ1) is 9.26. The number of carboxylic acids is 1. The largest absolute Gasteiger partial charge is 0.480 e. The van der Waals surface area contributed by atoms with Gasteiger partial charge in [0.05, 0.1) is 0 Å². The van der Waals surface area contributed by atoms with E-state index >= 15 is 0 Å². The molecule has 1 aromatic heterocycles. The molecule has 20 heavy (non-hydrogen) atoms. The molecule has 6 nitrogen and oxygen atoms in total. The quantitative estimate of drug-likeness (QED) is 0.563. The molecule has 0 spiro atoms. The minimum atomic E-state index is -0.871. The van der Waals surface area contributed by atoms with Crippen molar-refractivity contribution in [2.24, 2.45) is 7.05 Å². The summed E-state index contributed by atoms with van der Waals surface area (Å²) in [5, 5.41) is 21.4. The Hall–Kier alpha value is -1.08. The Morgan fingerprint density at radius 3 is 2.60 bits per heavy atom. The molecule has 2 N–H and O–H groups in total. The van der Waals surface area contributed by atoms with Crippen LogP contribution in [0.2, 0.25) is 0 Å². The number of hydrogen-bond acceptors (Lipinski definition) is 5. The standard InChI is InChI=1S/C13H24N4O2S/c1-9(2)14-13(4,11(18)19)7-6-8-20-12-16-15-10(3)17(12)5/h9,14H,6-8H2,1-5H3,(H,18,19). The zero-order valence-corrected chi connectivity index (χ0v) is 13.6. The first kappa shape index (κ1) is 17.0. The number of aromatic nitrogens is 3. The fraction of sp³-hybridized carbons (Fsp3) is 0.769. The van der Waals surface area contributed by atoms with Crippen LogP contribution in [0.3, 0.4) is 0 Å². The lowest BCUT2D eigenvalue weighted by Gasteiger charge is -2.28. The van der Waals surface area contributed by atoms with Crippen LogP contribution >= 0.6 is 11.8 Å². The Morgan fingerprint density at radius 1 is 1.50 bits per heavy atom. The van der Waals surface area contributed by atoms with Crippen molar-refractivity contribution in [2.45, 2.75) is 57.3 Å². The summed E-state index contributed by atoms with van der Waals surface area (Å²) in [5.74, 6) is 0.907. The van der Waals surface area contributed by atoms with Gasteiger partial charge in [0, 0.05) is 18.8 Å². The van der Waals surface area contributed by atoms with Crippen LogP contribution in [-0.4, -0.2) is 43.2 Å². The van der Waals surface area contributed by atoms with Gasteiger partial charge in [0.25, 0.3) is 0 Å². The number of hydrogen-bond donors (Lipinski definition) is 2. The summed E-state index contributed by atoms with van der Waals surface area (Å²) < 4.78 is 1.94. The highest BCUT2D eigenvalue weighted by Gasteiger charge is 2.32. The third-order valence-electron chi connectivity index (χ3n) is 3.18. The number of nitrogens with zero attached hydrogens (tertiary/aromatic N) is 3. The van der Waals surface area contributed by atoms with Gasteiger partial charge in [0.2, 0.25) is 0 Å². The van der Waals surface area contributed by atoms with E-state index in [1.54, 1.807) is 18.7 Å². The van der Waals surface area contributed by atoms with Crippen molar-refractivity contribution in [1.82, 2.24) is 20.1 Å². The summed E-state index contributed by atoms with van der Waals surface area (Å²) in [4.78, 5) is 11.4. The average Bonchev–Trinajstić information content (AvgIpc) is 2.65. The van der Waals surface area contributed by atoms with Crippen LogP contribution in [0.5, 0.6) is 0 Å². The van der Waals surface area contributed by atoms with E-state index in [9.17, 15) is 9.90 Å². The van der Waals surface area contributed by atoms with E-state index in [0.29, 0.717) is 6.42 Å². The SMILES string of the molecule is Cc1nnc(SCCCC(C)(NC(C)C)C(=O)O)n1C.